The molecule has 11 heavy (non-hydrogen) atoms. The van der Waals surface area contributed by atoms with Crippen molar-refractivity contribution in [1.29, 1.82) is 0 Å². The summed E-state index contributed by atoms with van der Waals surface area (Å²) in [6.07, 6.45) is 0. The number of aromatic nitrogens is 1. The van der Waals surface area contributed by atoms with E-state index in [-0.39, 0.29) is 9.88 Å². The summed E-state index contributed by atoms with van der Waals surface area (Å²) in [5, 5.41) is 0.141. The number of hydrogen-bond donors (Lipinski definition) is 0. The maximum Gasteiger partial charge on any atom is 0.368 e. The number of nitrogens with zero attached hydrogens (tertiary/aromatic N) is 1. The number of esters is 1. The third-order valence-electron chi connectivity index (χ3n) is 0.835. The van der Waals surface area contributed by atoms with Crippen molar-refractivity contribution < 1.29 is 9.53 Å². The summed E-state index contributed by atoms with van der Waals surface area (Å²) in [7, 11) is 1.97. The van der Waals surface area contributed by atoms with Crippen LogP contribution < -0.4 is 4.87 Å². The minimum atomic E-state index is -0.518. The van der Waals surface area contributed by atoms with Crippen LogP contribution in [0.2, 0.25) is 0 Å². The Bertz CT molecular complexity index is 303. The van der Waals surface area contributed by atoms with Crippen LogP contribution in [0.1, 0.15) is 16.7 Å². The maximum absolute atomic E-state index is 10.9. The standard InChI is InChI=1S/C5H5NO3S2/c1-2-9-4(7)3-6-5(8)11-10-3/h2H2,1H3. The Hall–Kier alpha value is -0.750. The predicted octanol–water partition coefficient (Wildman–Crippen LogP) is 0.742. The first-order valence-electron chi connectivity index (χ1n) is 2.88. The lowest BCUT2D eigenvalue weighted by Crippen LogP contribution is -2.06. The van der Waals surface area contributed by atoms with Gasteiger partial charge in [0.15, 0.2) is 0 Å². The van der Waals surface area contributed by atoms with Crippen LogP contribution in [0.4, 0.5) is 0 Å². The maximum atomic E-state index is 10.9. The van der Waals surface area contributed by atoms with E-state index in [1.807, 2.05) is 0 Å². The molecule has 0 aromatic carbocycles. The first-order valence-corrected chi connectivity index (χ1v) is 5.03. The molecule has 0 N–H and O–H groups in total. The predicted molar refractivity (Wildman–Crippen MR) is 42.2 cm³/mol. The van der Waals surface area contributed by atoms with Gasteiger partial charge in [0.05, 0.1) is 6.61 Å². The first kappa shape index (κ1) is 8.35. The molecular weight excluding hydrogens is 186 g/mol. The van der Waals surface area contributed by atoms with Crippen LogP contribution in [0.3, 0.4) is 0 Å². The van der Waals surface area contributed by atoms with E-state index >= 15 is 0 Å². The molecule has 0 unspecified atom stereocenters. The second-order valence-electron chi connectivity index (χ2n) is 1.57. The number of hydrogen-bond acceptors (Lipinski definition) is 6. The first-order chi connectivity index (χ1) is 5.24. The van der Waals surface area contributed by atoms with Gasteiger partial charge < -0.3 is 4.74 Å². The molecule has 0 bridgehead atoms. The third-order valence-corrected chi connectivity index (χ3v) is 2.72. The Kier molecular flexibility index (Phi) is 2.72. The van der Waals surface area contributed by atoms with Crippen LogP contribution in [0.5, 0.6) is 0 Å². The Morgan fingerprint density at radius 2 is 2.36 bits per heavy atom. The molecule has 0 fully saturated rings. The van der Waals surface area contributed by atoms with Gasteiger partial charge in [-0.05, 0) is 27.6 Å². The third kappa shape index (κ3) is 2.09. The average Bonchev–Trinajstić information content (AvgIpc) is 2.36. The molecule has 0 aliphatic carbocycles. The van der Waals surface area contributed by atoms with Gasteiger partial charge in [0.2, 0.25) is 5.01 Å². The average molecular weight is 191 g/mol. The van der Waals surface area contributed by atoms with Crippen LogP contribution in [0.15, 0.2) is 4.79 Å². The summed E-state index contributed by atoms with van der Waals surface area (Å²) in [6, 6.07) is 0. The van der Waals surface area contributed by atoms with Gasteiger partial charge in [-0.1, -0.05) is 0 Å². The molecule has 0 aliphatic rings. The Morgan fingerprint density at radius 1 is 1.64 bits per heavy atom. The molecule has 1 rings (SSSR count). The highest BCUT2D eigenvalue weighted by molar-refractivity contribution is 7.68. The van der Waals surface area contributed by atoms with Gasteiger partial charge in [-0.2, -0.15) is 4.98 Å². The smallest absolute Gasteiger partial charge is 0.368 e. The Balaban J connectivity index is 2.76. The van der Waals surface area contributed by atoms with Crippen molar-refractivity contribution in [2.45, 2.75) is 6.92 Å². The molecule has 6 heteroatoms. The van der Waals surface area contributed by atoms with Crippen molar-refractivity contribution in [3.05, 3.63) is 14.7 Å². The molecule has 0 amide bonds. The van der Waals surface area contributed by atoms with E-state index in [0.717, 1.165) is 20.7 Å². The van der Waals surface area contributed by atoms with Crippen LogP contribution in [0.25, 0.3) is 0 Å². The Morgan fingerprint density at radius 3 is 2.82 bits per heavy atom. The van der Waals surface area contributed by atoms with Crippen molar-refractivity contribution in [2.24, 2.45) is 0 Å². The molecule has 4 nitrogen and oxygen atoms in total. The van der Waals surface area contributed by atoms with E-state index in [9.17, 15) is 9.59 Å². The monoisotopic (exact) mass is 191 g/mol. The zero-order valence-corrected chi connectivity index (χ0v) is 7.33. The van der Waals surface area contributed by atoms with Crippen LogP contribution in [-0.4, -0.2) is 17.6 Å². The highest BCUT2D eigenvalue weighted by atomic mass is 32.9. The van der Waals surface area contributed by atoms with E-state index in [0.29, 0.717) is 6.61 Å². The molecule has 0 spiro atoms. The van der Waals surface area contributed by atoms with E-state index in [1.54, 1.807) is 6.92 Å². The van der Waals surface area contributed by atoms with E-state index in [1.165, 1.54) is 0 Å². The van der Waals surface area contributed by atoms with Gasteiger partial charge >= 0.3 is 10.8 Å². The molecule has 0 aliphatic heterocycles. The molecule has 1 aromatic heterocycles. The number of ether oxygens (including phenoxy) is 1. The van der Waals surface area contributed by atoms with E-state index in [2.05, 4.69) is 9.72 Å². The highest BCUT2D eigenvalue weighted by Crippen LogP contribution is 2.07. The lowest BCUT2D eigenvalue weighted by Gasteiger charge is -1.93. The SMILES string of the molecule is CCOC(=O)c1nc(=O)ss1. The summed E-state index contributed by atoms with van der Waals surface area (Å²) in [5.41, 5.74) is 0. The Labute approximate surface area is 69.9 Å². The zero-order valence-electron chi connectivity index (χ0n) is 5.70. The number of carbonyl (C=O) groups is 1. The fourth-order valence-electron chi connectivity index (χ4n) is 0.468. The summed E-state index contributed by atoms with van der Waals surface area (Å²) in [6.45, 7) is 2.00. The lowest BCUT2D eigenvalue weighted by atomic mass is 10.7. The fourth-order valence-corrected chi connectivity index (χ4v) is 1.93. The minimum absolute atomic E-state index is 0.141. The molecular formula is C5H5NO3S2. The topological polar surface area (TPSA) is 56.3 Å². The quantitative estimate of drug-likeness (QED) is 0.511. The van der Waals surface area contributed by atoms with Crippen molar-refractivity contribution in [3.63, 3.8) is 0 Å². The van der Waals surface area contributed by atoms with Crippen LogP contribution in [-0.2, 0) is 4.74 Å². The summed E-state index contributed by atoms with van der Waals surface area (Å²) in [4.78, 5) is 24.4. The second kappa shape index (κ2) is 3.59. The van der Waals surface area contributed by atoms with Gasteiger partial charge in [-0.25, -0.2) is 4.79 Å². The van der Waals surface area contributed by atoms with Crippen molar-refractivity contribution in [1.82, 2.24) is 4.98 Å². The van der Waals surface area contributed by atoms with E-state index < -0.39 is 5.97 Å². The minimum Gasteiger partial charge on any atom is -0.461 e. The highest BCUT2D eigenvalue weighted by Gasteiger charge is 2.10. The number of carbonyl (C=O) groups excluding carboxylic acids is 1. The van der Waals surface area contributed by atoms with Crippen molar-refractivity contribution in [2.75, 3.05) is 6.61 Å². The molecule has 60 valence electrons. The molecule has 1 aromatic rings. The molecule has 1 heterocycles. The molecule has 0 saturated heterocycles. The van der Waals surface area contributed by atoms with Crippen LogP contribution in [0, 0.1) is 0 Å². The zero-order chi connectivity index (χ0) is 8.27. The summed E-state index contributed by atoms with van der Waals surface area (Å²) in [5.74, 6) is -0.518. The van der Waals surface area contributed by atoms with E-state index in [4.69, 9.17) is 0 Å². The molecule has 0 saturated carbocycles. The lowest BCUT2D eigenvalue weighted by molar-refractivity contribution is 0.0525. The fraction of sp³-hybridized carbons (Fsp3) is 0.400. The summed E-state index contributed by atoms with van der Waals surface area (Å²) < 4.78 is 4.62. The van der Waals surface area contributed by atoms with Gasteiger partial charge in [-0.15, -0.1) is 0 Å². The van der Waals surface area contributed by atoms with Gasteiger partial charge in [0, 0.05) is 0 Å². The number of rotatable bonds is 2. The second-order valence-corrected chi connectivity index (χ2v) is 3.64. The van der Waals surface area contributed by atoms with Crippen molar-refractivity contribution >= 4 is 26.7 Å². The van der Waals surface area contributed by atoms with Gasteiger partial charge in [-0.3, -0.25) is 4.79 Å². The largest absolute Gasteiger partial charge is 0.461 e. The molecule has 0 radical (unpaired) electrons. The van der Waals surface area contributed by atoms with Gasteiger partial charge in [0.25, 0.3) is 0 Å². The summed E-state index contributed by atoms with van der Waals surface area (Å²) >= 11 is 0. The van der Waals surface area contributed by atoms with Crippen LogP contribution >= 0.6 is 20.7 Å². The molecule has 0 atom stereocenters. The normalized spacial score (nSPS) is 9.55. The van der Waals surface area contributed by atoms with Gasteiger partial charge in [0.1, 0.15) is 0 Å². The van der Waals surface area contributed by atoms with Crippen molar-refractivity contribution in [3.8, 4) is 0 Å².